The molecule has 0 aliphatic rings. The normalized spacial score (nSPS) is 12.7. The molecule has 0 aliphatic heterocycles. The molecule has 196 valence electrons. The predicted molar refractivity (Wildman–Crippen MR) is 156 cm³/mol. The molecule has 1 N–H and O–H groups in total. The quantitative estimate of drug-likeness (QED) is 0.340. The molecule has 0 spiro atoms. The Morgan fingerprint density at radius 1 is 0.600 bits per heavy atom. The van der Waals surface area contributed by atoms with Crippen LogP contribution in [0.5, 0.6) is 5.75 Å². The van der Waals surface area contributed by atoms with Crippen LogP contribution in [0, 0.1) is 0 Å². The first-order chi connectivity index (χ1) is 16.4. The summed E-state index contributed by atoms with van der Waals surface area (Å²) in [7, 11) is 0. The fourth-order valence-electron chi connectivity index (χ4n) is 5.76. The van der Waals surface area contributed by atoms with Crippen LogP contribution in [-0.2, 0) is 10.8 Å². The van der Waals surface area contributed by atoms with E-state index in [1.54, 1.807) is 0 Å². The number of benzene rings is 2. The van der Waals surface area contributed by atoms with Crippen molar-refractivity contribution in [3.05, 3.63) is 52.6 Å². The van der Waals surface area contributed by atoms with Gasteiger partial charge in [-0.3, -0.25) is 0 Å². The summed E-state index contributed by atoms with van der Waals surface area (Å²) in [6.07, 6.45) is 9.59. The maximum absolute atomic E-state index is 11.6. The molecule has 0 saturated carbocycles. The van der Waals surface area contributed by atoms with E-state index in [-0.39, 0.29) is 10.8 Å². The molecular formula is C34H54O. The van der Waals surface area contributed by atoms with Gasteiger partial charge in [-0.05, 0) is 82.2 Å². The van der Waals surface area contributed by atoms with Crippen LogP contribution in [-0.4, -0.2) is 5.11 Å². The van der Waals surface area contributed by atoms with E-state index < -0.39 is 0 Å². The van der Waals surface area contributed by atoms with Gasteiger partial charge in [0, 0.05) is 5.56 Å². The molecule has 0 aliphatic carbocycles. The zero-order chi connectivity index (χ0) is 26.4. The van der Waals surface area contributed by atoms with Gasteiger partial charge in [-0.1, -0.05) is 119 Å². The van der Waals surface area contributed by atoms with E-state index in [2.05, 4.69) is 99.6 Å². The maximum atomic E-state index is 11.6. The van der Waals surface area contributed by atoms with E-state index in [9.17, 15) is 5.11 Å². The van der Waals surface area contributed by atoms with Crippen LogP contribution in [0.25, 0.3) is 11.1 Å². The molecule has 0 radical (unpaired) electrons. The number of hydrogen-bond acceptors (Lipinski definition) is 1. The van der Waals surface area contributed by atoms with Gasteiger partial charge in [-0.2, -0.15) is 0 Å². The van der Waals surface area contributed by atoms with Crippen molar-refractivity contribution in [1.82, 2.24) is 0 Å². The molecule has 0 atom stereocenters. The molecule has 0 saturated heterocycles. The molecule has 1 nitrogen and oxygen atoms in total. The number of phenolic OH excluding ortho intramolecular Hbond substituents is 1. The van der Waals surface area contributed by atoms with Gasteiger partial charge in [0.05, 0.1) is 0 Å². The Hall–Kier alpha value is -1.76. The second-order valence-corrected chi connectivity index (χ2v) is 12.8. The minimum Gasteiger partial charge on any atom is -0.507 e. The lowest BCUT2D eigenvalue weighted by Crippen LogP contribution is -2.18. The first-order valence-corrected chi connectivity index (χ1v) is 14.4. The summed E-state index contributed by atoms with van der Waals surface area (Å²) in [4.78, 5) is 0. The third-order valence-electron chi connectivity index (χ3n) is 7.56. The van der Waals surface area contributed by atoms with Crippen molar-refractivity contribution in [2.45, 2.75) is 143 Å². The van der Waals surface area contributed by atoms with Gasteiger partial charge in [0.15, 0.2) is 0 Å². The molecule has 35 heavy (non-hydrogen) atoms. The molecule has 0 fully saturated rings. The number of phenols is 1. The third-order valence-corrected chi connectivity index (χ3v) is 7.56. The van der Waals surface area contributed by atoms with Crippen molar-refractivity contribution < 1.29 is 5.11 Å². The second kappa shape index (κ2) is 12.5. The minimum absolute atomic E-state index is 0.0124. The van der Waals surface area contributed by atoms with Gasteiger partial charge in [0.25, 0.3) is 0 Å². The van der Waals surface area contributed by atoms with Crippen molar-refractivity contribution in [1.29, 1.82) is 0 Å². The predicted octanol–water partition coefficient (Wildman–Crippen LogP) is 11.0. The van der Waals surface area contributed by atoms with Crippen LogP contribution in [0.1, 0.15) is 155 Å². The zero-order valence-electron chi connectivity index (χ0n) is 24.6. The first kappa shape index (κ1) is 29.5. The Kier molecular flexibility index (Phi) is 10.5. The van der Waals surface area contributed by atoms with Gasteiger partial charge in [0.2, 0.25) is 0 Å². The summed E-state index contributed by atoms with van der Waals surface area (Å²) in [6, 6.07) is 11.6. The Labute approximate surface area is 217 Å². The molecule has 1 heteroatoms. The molecule has 2 aromatic rings. The lowest BCUT2D eigenvalue weighted by molar-refractivity contribution is 0.468. The monoisotopic (exact) mass is 478 g/mol. The summed E-state index contributed by atoms with van der Waals surface area (Å²) >= 11 is 0. The number of rotatable bonds is 11. The van der Waals surface area contributed by atoms with E-state index in [1.807, 2.05) is 0 Å². The fraction of sp³-hybridized carbons (Fsp3) is 0.647. The third kappa shape index (κ3) is 7.37. The maximum Gasteiger partial charge on any atom is 0.123 e. The summed E-state index contributed by atoms with van der Waals surface area (Å²) in [6.45, 7) is 22.9. The molecule has 0 amide bonds. The summed E-state index contributed by atoms with van der Waals surface area (Å²) in [5.41, 5.74) is 7.53. The smallest absolute Gasteiger partial charge is 0.123 e. The zero-order valence-corrected chi connectivity index (χ0v) is 24.6. The molecule has 0 aromatic heterocycles. The lowest BCUT2D eigenvalue weighted by atomic mass is 9.74. The summed E-state index contributed by atoms with van der Waals surface area (Å²) in [5, 5.41) is 11.6. The van der Waals surface area contributed by atoms with E-state index >= 15 is 0 Å². The topological polar surface area (TPSA) is 20.2 Å². The average molecular weight is 479 g/mol. The Bertz CT molecular complexity index is 926. The highest BCUT2D eigenvalue weighted by molar-refractivity contribution is 5.79. The molecule has 0 heterocycles. The summed E-state index contributed by atoms with van der Waals surface area (Å²) < 4.78 is 0. The lowest BCUT2D eigenvalue weighted by Gasteiger charge is -2.31. The van der Waals surface area contributed by atoms with Crippen molar-refractivity contribution in [2.24, 2.45) is 0 Å². The van der Waals surface area contributed by atoms with Crippen molar-refractivity contribution in [2.75, 3.05) is 0 Å². The van der Waals surface area contributed by atoms with Crippen LogP contribution in [0.15, 0.2) is 30.3 Å². The van der Waals surface area contributed by atoms with Crippen molar-refractivity contribution >= 4 is 0 Å². The van der Waals surface area contributed by atoms with Crippen LogP contribution >= 0.6 is 0 Å². The molecule has 2 rings (SSSR count). The van der Waals surface area contributed by atoms with Gasteiger partial charge >= 0.3 is 0 Å². The fourth-order valence-corrected chi connectivity index (χ4v) is 5.76. The first-order valence-electron chi connectivity index (χ1n) is 14.4. The van der Waals surface area contributed by atoms with E-state index in [4.69, 9.17) is 0 Å². The van der Waals surface area contributed by atoms with Gasteiger partial charge in [0.1, 0.15) is 5.75 Å². The number of hydrogen-bond donors (Lipinski definition) is 1. The summed E-state index contributed by atoms with van der Waals surface area (Å²) in [5.74, 6) is 1.57. The van der Waals surface area contributed by atoms with Gasteiger partial charge < -0.3 is 5.11 Å². The van der Waals surface area contributed by atoms with Crippen molar-refractivity contribution in [3.8, 4) is 16.9 Å². The Morgan fingerprint density at radius 3 is 1.46 bits per heavy atom. The highest BCUT2D eigenvalue weighted by atomic mass is 16.3. The highest BCUT2D eigenvalue weighted by Crippen LogP contribution is 2.46. The van der Waals surface area contributed by atoms with Crippen LogP contribution in [0.2, 0.25) is 0 Å². The molecule has 0 bridgehead atoms. The molecule has 2 aromatic carbocycles. The van der Waals surface area contributed by atoms with E-state index in [0.29, 0.717) is 17.6 Å². The number of aromatic hydroxyl groups is 1. The minimum atomic E-state index is -0.0629. The second-order valence-electron chi connectivity index (χ2n) is 12.8. The molecular weight excluding hydrogens is 424 g/mol. The van der Waals surface area contributed by atoms with Crippen molar-refractivity contribution in [3.63, 3.8) is 0 Å². The van der Waals surface area contributed by atoms with E-state index in [1.165, 1.54) is 79.2 Å². The Morgan fingerprint density at radius 2 is 1.03 bits per heavy atom. The van der Waals surface area contributed by atoms with E-state index in [0.717, 1.165) is 5.56 Å². The Balaban J connectivity index is 2.80. The highest BCUT2D eigenvalue weighted by Gasteiger charge is 2.29. The van der Waals surface area contributed by atoms with Gasteiger partial charge in [-0.15, -0.1) is 0 Å². The SMILES string of the molecule is CCCC(CCC)c1ccc(-c2c(O)cc(C(CCC)CCC)cc2C(C)(C)C)c(C(C)(C)C)c1. The van der Waals surface area contributed by atoms with Gasteiger partial charge in [-0.25, -0.2) is 0 Å². The standard InChI is InChI=1S/C34H54O/c1-11-15-24(16-12-2)26-19-20-28(29(21-26)33(5,6)7)32-30(34(8,9)10)22-27(23-31(32)35)25(17-13-3)18-14-4/h19-25,35H,11-18H2,1-10H3. The van der Waals surface area contributed by atoms with Crippen LogP contribution in [0.3, 0.4) is 0 Å². The molecule has 0 unspecified atom stereocenters. The van der Waals surface area contributed by atoms with Crippen LogP contribution in [0.4, 0.5) is 0 Å². The largest absolute Gasteiger partial charge is 0.507 e. The van der Waals surface area contributed by atoms with Crippen LogP contribution < -0.4 is 0 Å². The average Bonchev–Trinajstić information content (AvgIpc) is 2.77.